The standard InChI is InChI=1S/C20H27N3O5.C2H6/c1-6-7-11-22-18(15-9-8-10-16(12-15)23(25)26)17(19(24)28-13(2)3)14(4)21-20(22)27-5;1-2/h8-10,12-13,18H,6-7,11H2,1-5H3;1-2H3. The number of ether oxygens (including phenoxy) is 2. The molecule has 0 spiro atoms. The van der Waals surface area contributed by atoms with Crippen molar-refractivity contribution >= 4 is 17.7 Å². The summed E-state index contributed by atoms with van der Waals surface area (Å²) in [7, 11) is 1.52. The largest absolute Gasteiger partial charge is 0.468 e. The molecular formula is C22H33N3O5. The molecule has 0 aliphatic carbocycles. The van der Waals surface area contributed by atoms with Gasteiger partial charge in [0.05, 0.1) is 35.4 Å². The number of esters is 1. The van der Waals surface area contributed by atoms with Gasteiger partial charge in [0.15, 0.2) is 0 Å². The molecule has 166 valence electrons. The fraction of sp³-hybridized carbons (Fsp3) is 0.545. The monoisotopic (exact) mass is 419 g/mol. The zero-order chi connectivity index (χ0) is 22.8. The quantitative estimate of drug-likeness (QED) is 0.350. The number of aliphatic imine (C=N–C) groups is 1. The van der Waals surface area contributed by atoms with Gasteiger partial charge in [-0.3, -0.25) is 10.1 Å². The van der Waals surface area contributed by atoms with Crippen LogP contribution in [0.25, 0.3) is 0 Å². The molecule has 1 heterocycles. The predicted molar refractivity (Wildman–Crippen MR) is 117 cm³/mol. The summed E-state index contributed by atoms with van der Waals surface area (Å²) in [6.07, 6.45) is 1.48. The molecule has 8 nitrogen and oxygen atoms in total. The number of amidine groups is 1. The molecular weight excluding hydrogens is 386 g/mol. The van der Waals surface area contributed by atoms with E-state index in [9.17, 15) is 14.9 Å². The Morgan fingerprint density at radius 1 is 1.33 bits per heavy atom. The van der Waals surface area contributed by atoms with Crippen LogP contribution in [0.4, 0.5) is 5.69 Å². The maximum absolute atomic E-state index is 12.9. The third-order valence-corrected chi connectivity index (χ3v) is 4.38. The number of hydrogen-bond acceptors (Lipinski definition) is 7. The third kappa shape index (κ3) is 6.05. The van der Waals surface area contributed by atoms with E-state index >= 15 is 0 Å². The van der Waals surface area contributed by atoms with E-state index in [1.165, 1.54) is 19.2 Å². The Labute approximate surface area is 178 Å². The number of hydrogen-bond donors (Lipinski definition) is 0. The molecule has 1 aliphatic heterocycles. The Bertz CT molecular complexity index is 802. The first-order valence-electron chi connectivity index (χ1n) is 10.4. The summed E-state index contributed by atoms with van der Waals surface area (Å²) in [4.78, 5) is 30.0. The second-order valence-corrected chi connectivity index (χ2v) is 6.85. The number of non-ortho nitro benzene ring substituents is 1. The Hall–Kier alpha value is -2.90. The highest BCUT2D eigenvalue weighted by Gasteiger charge is 2.37. The van der Waals surface area contributed by atoms with Crippen molar-refractivity contribution < 1.29 is 19.2 Å². The van der Waals surface area contributed by atoms with Gasteiger partial charge in [-0.2, -0.15) is 0 Å². The average molecular weight is 420 g/mol. The molecule has 1 aliphatic rings. The van der Waals surface area contributed by atoms with Gasteiger partial charge in [-0.05, 0) is 32.8 Å². The molecule has 1 atom stereocenters. The highest BCUT2D eigenvalue weighted by atomic mass is 16.6. The summed E-state index contributed by atoms with van der Waals surface area (Å²) in [5, 5.41) is 11.3. The summed E-state index contributed by atoms with van der Waals surface area (Å²) in [6, 6.07) is 6.10. The van der Waals surface area contributed by atoms with Crippen LogP contribution >= 0.6 is 0 Å². The number of nitro groups is 1. The van der Waals surface area contributed by atoms with Gasteiger partial charge in [-0.1, -0.05) is 39.3 Å². The SMILES string of the molecule is CC.CCCCN1C(OC)=NC(C)=C(C(=O)OC(C)C)C1c1cccc([N+](=O)[O-])c1. The van der Waals surface area contributed by atoms with Gasteiger partial charge in [-0.15, -0.1) is 0 Å². The fourth-order valence-corrected chi connectivity index (χ4v) is 3.14. The lowest BCUT2D eigenvalue weighted by Gasteiger charge is -2.37. The van der Waals surface area contributed by atoms with Crippen LogP contribution in [0.15, 0.2) is 40.5 Å². The molecule has 1 aromatic carbocycles. The zero-order valence-corrected chi connectivity index (χ0v) is 19.0. The van der Waals surface area contributed by atoms with E-state index in [2.05, 4.69) is 11.9 Å². The summed E-state index contributed by atoms with van der Waals surface area (Å²) < 4.78 is 10.9. The average Bonchev–Trinajstić information content (AvgIpc) is 2.72. The number of allylic oxidation sites excluding steroid dienone is 1. The van der Waals surface area contributed by atoms with Crippen molar-refractivity contribution in [2.75, 3.05) is 13.7 Å². The molecule has 0 bridgehead atoms. The van der Waals surface area contributed by atoms with E-state index in [-0.39, 0.29) is 11.8 Å². The minimum absolute atomic E-state index is 0.0383. The molecule has 0 N–H and O–H groups in total. The Balaban J connectivity index is 0.00000218. The number of unbranched alkanes of at least 4 members (excludes halogenated alkanes) is 1. The van der Waals surface area contributed by atoms with Crippen LogP contribution in [-0.2, 0) is 14.3 Å². The lowest BCUT2D eigenvalue weighted by molar-refractivity contribution is -0.384. The number of benzene rings is 1. The molecule has 0 radical (unpaired) electrons. The Morgan fingerprint density at radius 3 is 2.53 bits per heavy atom. The van der Waals surface area contributed by atoms with Gasteiger partial charge < -0.3 is 14.4 Å². The maximum atomic E-state index is 12.9. The maximum Gasteiger partial charge on any atom is 0.338 e. The number of rotatable bonds is 7. The van der Waals surface area contributed by atoms with Gasteiger partial charge in [0.2, 0.25) is 0 Å². The Kier molecular flexibility index (Phi) is 10.0. The van der Waals surface area contributed by atoms with Gasteiger partial charge in [0.25, 0.3) is 11.7 Å². The first-order chi connectivity index (χ1) is 14.3. The lowest BCUT2D eigenvalue weighted by Crippen LogP contribution is -2.42. The molecule has 0 saturated carbocycles. The van der Waals surface area contributed by atoms with E-state index in [0.717, 1.165) is 12.8 Å². The van der Waals surface area contributed by atoms with Crippen LogP contribution in [-0.4, -0.2) is 41.6 Å². The molecule has 1 unspecified atom stereocenters. The lowest BCUT2D eigenvalue weighted by atomic mass is 9.93. The van der Waals surface area contributed by atoms with Gasteiger partial charge in [0.1, 0.15) is 0 Å². The van der Waals surface area contributed by atoms with Crippen molar-refractivity contribution in [3.8, 4) is 0 Å². The van der Waals surface area contributed by atoms with Crippen molar-refractivity contribution in [1.29, 1.82) is 0 Å². The number of nitrogens with zero attached hydrogens (tertiary/aromatic N) is 3. The topological polar surface area (TPSA) is 94.3 Å². The summed E-state index contributed by atoms with van der Waals surface area (Å²) >= 11 is 0. The first-order valence-corrected chi connectivity index (χ1v) is 10.4. The summed E-state index contributed by atoms with van der Waals surface area (Å²) in [5.41, 5.74) is 1.42. The molecule has 0 fully saturated rings. The molecule has 30 heavy (non-hydrogen) atoms. The Morgan fingerprint density at radius 2 is 2.00 bits per heavy atom. The molecule has 2 rings (SSSR count). The molecule has 0 saturated heterocycles. The van der Waals surface area contributed by atoms with Crippen molar-refractivity contribution in [3.63, 3.8) is 0 Å². The van der Waals surface area contributed by atoms with Gasteiger partial charge in [-0.25, -0.2) is 9.79 Å². The molecule has 0 amide bonds. The molecule has 1 aromatic rings. The number of nitro benzene ring substituents is 1. The predicted octanol–water partition coefficient (Wildman–Crippen LogP) is 5.01. The number of carbonyl (C=O) groups excluding carboxylic acids is 1. The molecule has 0 aromatic heterocycles. The van der Waals surface area contributed by atoms with Crippen molar-refractivity contribution in [2.24, 2.45) is 4.99 Å². The highest BCUT2D eigenvalue weighted by molar-refractivity contribution is 5.94. The normalized spacial score (nSPS) is 15.9. The minimum Gasteiger partial charge on any atom is -0.468 e. The zero-order valence-electron chi connectivity index (χ0n) is 19.0. The van der Waals surface area contributed by atoms with Crippen LogP contribution in [0, 0.1) is 10.1 Å². The second kappa shape index (κ2) is 11.9. The van der Waals surface area contributed by atoms with Gasteiger partial charge >= 0.3 is 5.97 Å². The summed E-state index contributed by atoms with van der Waals surface area (Å²) in [6.45, 7) is 11.9. The van der Waals surface area contributed by atoms with Crippen LogP contribution in [0.1, 0.15) is 66.0 Å². The fourth-order valence-electron chi connectivity index (χ4n) is 3.14. The first kappa shape index (κ1) is 25.1. The van der Waals surface area contributed by atoms with Gasteiger partial charge in [0, 0.05) is 18.7 Å². The van der Waals surface area contributed by atoms with E-state index in [0.29, 0.717) is 29.4 Å². The van der Waals surface area contributed by atoms with Crippen LogP contribution in [0.3, 0.4) is 0 Å². The van der Waals surface area contributed by atoms with Crippen molar-refractivity contribution in [1.82, 2.24) is 4.90 Å². The molecule has 8 heteroatoms. The highest BCUT2D eigenvalue weighted by Crippen LogP contribution is 2.37. The third-order valence-electron chi connectivity index (χ3n) is 4.38. The van der Waals surface area contributed by atoms with E-state index in [4.69, 9.17) is 9.47 Å². The smallest absolute Gasteiger partial charge is 0.338 e. The van der Waals surface area contributed by atoms with Crippen molar-refractivity contribution in [3.05, 3.63) is 51.2 Å². The number of carbonyl (C=O) groups is 1. The van der Waals surface area contributed by atoms with Crippen molar-refractivity contribution in [2.45, 2.75) is 66.5 Å². The van der Waals surface area contributed by atoms with Crippen LogP contribution in [0.2, 0.25) is 0 Å². The van der Waals surface area contributed by atoms with E-state index < -0.39 is 16.9 Å². The van der Waals surface area contributed by atoms with Crippen LogP contribution < -0.4 is 0 Å². The van der Waals surface area contributed by atoms with Crippen LogP contribution in [0.5, 0.6) is 0 Å². The summed E-state index contributed by atoms with van der Waals surface area (Å²) in [5.74, 6) is -0.482. The number of methoxy groups -OCH3 is 1. The minimum atomic E-state index is -0.579. The second-order valence-electron chi connectivity index (χ2n) is 6.85. The van der Waals surface area contributed by atoms with E-state index in [1.54, 1.807) is 32.9 Å². The van der Waals surface area contributed by atoms with E-state index in [1.807, 2.05) is 18.7 Å².